The molecular formula is C20H20F2N8. The van der Waals surface area contributed by atoms with Gasteiger partial charge in [0.05, 0.1) is 48.2 Å². The number of aromatic nitrogens is 3. The van der Waals surface area contributed by atoms with E-state index in [1.807, 2.05) is 0 Å². The van der Waals surface area contributed by atoms with Gasteiger partial charge in [-0.1, -0.05) is 0 Å². The van der Waals surface area contributed by atoms with Gasteiger partial charge < -0.3 is 15.4 Å². The lowest BCUT2D eigenvalue weighted by Gasteiger charge is -2.22. The molecule has 1 saturated heterocycles. The summed E-state index contributed by atoms with van der Waals surface area (Å²) in [6, 6.07) is 5.99. The Morgan fingerprint density at radius 3 is 2.93 bits per heavy atom. The van der Waals surface area contributed by atoms with Gasteiger partial charge in [-0.15, -0.1) is 0 Å². The predicted octanol–water partition coefficient (Wildman–Crippen LogP) is 2.69. The van der Waals surface area contributed by atoms with Crippen LogP contribution in [0.15, 0.2) is 29.5 Å². The molecule has 0 aliphatic carbocycles. The lowest BCUT2D eigenvalue weighted by atomic mass is 10.1. The van der Waals surface area contributed by atoms with Gasteiger partial charge >= 0.3 is 0 Å². The van der Waals surface area contributed by atoms with E-state index >= 15 is 0 Å². The van der Waals surface area contributed by atoms with Crippen molar-refractivity contribution in [2.45, 2.75) is 25.4 Å². The first-order valence-electron chi connectivity index (χ1n) is 9.37. The topological polar surface area (TPSA) is 106 Å². The second-order valence-electron chi connectivity index (χ2n) is 7.48. The van der Waals surface area contributed by atoms with Gasteiger partial charge in [-0.2, -0.15) is 10.4 Å². The van der Waals surface area contributed by atoms with E-state index in [4.69, 9.17) is 5.41 Å². The number of likely N-dealkylation sites (N-methyl/N-ethyl adjacent to an activating group) is 1. The van der Waals surface area contributed by atoms with Gasteiger partial charge in [-0.05, 0) is 32.2 Å². The molecule has 1 aromatic carbocycles. The van der Waals surface area contributed by atoms with E-state index in [1.54, 1.807) is 47.8 Å². The molecule has 1 atom stereocenters. The zero-order chi connectivity index (χ0) is 21.5. The Hall–Kier alpha value is -3.45. The second kappa shape index (κ2) is 7.42. The summed E-state index contributed by atoms with van der Waals surface area (Å²) in [6.45, 7) is 1.51. The Labute approximate surface area is 171 Å². The highest BCUT2D eigenvalue weighted by molar-refractivity contribution is 6.27. The van der Waals surface area contributed by atoms with E-state index in [0.29, 0.717) is 33.3 Å². The Balaban J connectivity index is 1.93. The minimum absolute atomic E-state index is 0.105. The van der Waals surface area contributed by atoms with Crippen molar-refractivity contribution in [3.8, 4) is 6.07 Å². The summed E-state index contributed by atoms with van der Waals surface area (Å²) in [5, 5.41) is 21.2. The Morgan fingerprint density at radius 2 is 2.27 bits per heavy atom. The first-order valence-corrected chi connectivity index (χ1v) is 9.37. The van der Waals surface area contributed by atoms with Crippen LogP contribution in [0.25, 0.3) is 21.9 Å². The molecular weight excluding hydrogens is 390 g/mol. The van der Waals surface area contributed by atoms with Crippen molar-refractivity contribution in [1.82, 2.24) is 24.9 Å². The highest BCUT2D eigenvalue weighted by Crippen LogP contribution is 2.40. The maximum absolute atomic E-state index is 14.9. The van der Waals surface area contributed by atoms with Crippen LogP contribution in [0.2, 0.25) is 0 Å². The monoisotopic (exact) mass is 410 g/mol. The fourth-order valence-corrected chi connectivity index (χ4v) is 3.84. The second-order valence-corrected chi connectivity index (χ2v) is 7.48. The summed E-state index contributed by atoms with van der Waals surface area (Å²) in [7, 11) is 1.66. The molecule has 0 spiro atoms. The molecule has 1 aliphatic rings. The molecule has 1 fully saturated rings. The van der Waals surface area contributed by atoms with Crippen LogP contribution >= 0.6 is 0 Å². The summed E-state index contributed by atoms with van der Waals surface area (Å²) in [4.78, 5) is 10.5. The number of hydrogen-bond acceptors (Lipinski definition) is 7. The third kappa shape index (κ3) is 3.48. The number of nitrogens with one attached hydrogen (secondary N) is 2. The highest BCUT2D eigenvalue weighted by atomic mass is 19.3. The third-order valence-electron chi connectivity index (χ3n) is 5.07. The van der Waals surface area contributed by atoms with Crippen LogP contribution in [0, 0.1) is 16.7 Å². The molecule has 1 aliphatic heterocycles. The van der Waals surface area contributed by atoms with Crippen molar-refractivity contribution in [3.63, 3.8) is 0 Å². The Bertz CT molecular complexity index is 1210. The SMILES string of the molecule is CC(=N)/C=N/NCc1nc2cnc3ccc(C#N)cc3c2n1C1CN(C)CC1(F)F. The summed E-state index contributed by atoms with van der Waals surface area (Å²) < 4.78 is 31.4. The minimum Gasteiger partial charge on any atom is -0.315 e. The van der Waals surface area contributed by atoms with Crippen LogP contribution < -0.4 is 5.43 Å². The molecule has 0 radical (unpaired) electrons. The van der Waals surface area contributed by atoms with Crippen LogP contribution in [-0.2, 0) is 6.54 Å². The molecule has 154 valence electrons. The van der Waals surface area contributed by atoms with Crippen molar-refractivity contribution in [2.24, 2.45) is 5.10 Å². The van der Waals surface area contributed by atoms with Gasteiger partial charge in [-0.25, -0.2) is 13.8 Å². The van der Waals surface area contributed by atoms with Gasteiger partial charge in [0.25, 0.3) is 5.92 Å². The summed E-state index contributed by atoms with van der Waals surface area (Å²) in [6.07, 6.45) is 2.90. The average Bonchev–Trinajstić information content (AvgIpc) is 3.19. The molecule has 3 heterocycles. The number of nitrogens with zero attached hydrogens (tertiary/aromatic N) is 6. The van der Waals surface area contributed by atoms with Crippen molar-refractivity contribution in [1.29, 1.82) is 10.7 Å². The molecule has 3 aromatic rings. The van der Waals surface area contributed by atoms with E-state index in [0.717, 1.165) is 0 Å². The maximum Gasteiger partial charge on any atom is 0.282 e. The summed E-state index contributed by atoms with van der Waals surface area (Å²) in [5.41, 5.74) is 5.08. The quantitative estimate of drug-likeness (QED) is 0.497. The van der Waals surface area contributed by atoms with Gasteiger partial charge in [0, 0.05) is 17.6 Å². The van der Waals surface area contributed by atoms with Crippen LogP contribution in [-0.4, -0.2) is 57.4 Å². The molecule has 2 N–H and O–H groups in total. The highest BCUT2D eigenvalue weighted by Gasteiger charge is 2.49. The number of alkyl halides is 2. The smallest absolute Gasteiger partial charge is 0.282 e. The summed E-state index contributed by atoms with van der Waals surface area (Å²) in [5.74, 6) is -2.56. The number of likely N-dealkylation sites (tertiary alicyclic amines) is 1. The number of rotatable bonds is 5. The van der Waals surface area contributed by atoms with E-state index in [2.05, 4.69) is 26.6 Å². The number of pyridine rings is 1. The van der Waals surface area contributed by atoms with E-state index < -0.39 is 12.0 Å². The number of fused-ring (bicyclic) bond motifs is 3. The van der Waals surface area contributed by atoms with Crippen molar-refractivity contribution in [2.75, 3.05) is 20.1 Å². The van der Waals surface area contributed by atoms with Crippen molar-refractivity contribution < 1.29 is 8.78 Å². The van der Waals surface area contributed by atoms with Gasteiger partial charge in [0.1, 0.15) is 17.4 Å². The van der Waals surface area contributed by atoms with Crippen LogP contribution in [0.1, 0.15) is 24.4 Å². The van der Waals surface area contributed by atoms with Crippen molar-refractivity contribution in [3.05, 3.63) is 35.8 Å². The van der Waals surface area contributed by atoms with Crippen LogP contribution in [0.5, 0.6) is 0 Å². The standard InChI is InChI=1S/C20H20F2N8/c1-12(24)7-26-27-9-18-28-16-8-25-15-4-3-13(6-23)5-14(15)19(16)30(18)17-10-29(2)11-20(17,21)22/h3-5,7-8,17,24,27H,9-11H2,1-2H3/b24-12?,26-7+. The molecule has 8 nitrogen and oxygen atoms in total. The van der Waals surface area contributed by atoms with E-state index in [1.165, 1.54) is 6.21 Å². The number of hydrogen-bond donors (Lipinski definition) is 2. The Morgan fingerprint density at radius 1 is 1.47 bits per heavy atom. The predicted molar refractivity (Wildman–Crippen MR) is 110 cm³/mol. The molecule has 1 unspecified atom stereocenters. The zero-order valence-electron chi connectivity index (χ0n) is 16.5. The summed E-state index contributed by atoms with van der Waals surface area (Å²) >= 11 is 0. The van der Waals surface area contributed by atoms with Crippen LogP contribution in [0.3, 0.4) is 0 Å². The number of imidazole rings is 1. The minimum atomic E-state index is -2.95. The van der Waals surface area contributed by atoms with Gasteiger partial charge in [0.2, 0.25) is 0 Å². The molecule has 30 heavy (non-hydrogen) atoms. The lowest BCUT2D eigenvalue weighted by Crippen LogP contribution is -2.31. The van der Waals surface area contributed by atoms with E-state index in [-0.39, 0.29) is 25.3 Å². The van der Waals surface area contributed by atoms with Gasteiger partial charge in [0.15, 0.2) is 0 Å². The average molecular weight is 410 g/mol. The lowest BCUT2D eigenvalue weighted by molar-refractivity contribution is -0.0201. The third-order valence-corrected chi connectivity index (χ3v) is 5.07. The molecule has 0 amide bonds. The van der Waals surface area contributed by atoms with Gasteiger partial charge in [-0.3, -0.25) is 9.88 Å². The number of nitriles is 1. The fraction of sp³-hybridized carbons (Fsp3) is 0.350. The molecule has 0 bridgehead atoms. The molecule has 10 heteroatoms. The molecule has 0 saturated carbocycles. The normalized spacial score (nSPS) is 19.0. The number of benzene rings is 1. The van der Waals surface area contributed by atoms with Crippen LogP contribution in [0.4, 0.5) is 8.78 Å². The number of hydrazone groups is 1. The first-order chi connectivity index (χ1) is 14.3. The van der Waals surface area contributed by atoms with Crippen molar-refractivity contribution >= 4 is 33.9 Å². The molecule has 4 rings (SSSR count). The fourth-order valence-electron chi connectivity index (χ4n) is 3.84. The van der Waals surface area contributed by atoms with E-state index in [9.17, 15) is 14.0 Å². The molecule has 2 aromatic heterocycles. The first kappa shape index (κ1) is 19.8. The number of halogens is 2. The Kier molecular flexibility index (Phi) is 4.91. The maximum atomic E-state index is 14.9. The zero-order valence-corrected chi connectivity index (χ0v) is 16.5. The largest absolute Gasteiger partial charge is 0.315 e.